The molecule has 0 bridgehead atoms. The van der Waals surface area contributed by atoms with Gasteiger partial charge in [0.05, 0.1) is 18.4 Å². The highest BCUT2D eigenvalue weighted by atomic mass is 16.3. The smallest absolute Gasteiger partial charge is 0.0924 e. The number of benzene rings is 1. The first-order valence-electron chi connectivity index (χ1n) is 6.26. The molecule has 102 valence electrons. The van der Waals surface area contributed by atoms with Crippen LogP contribution in [0.3, 0.4) is 0 Å². The molecule has 1 aromatic carbocycles. The van der Waals surface area contributed by atoms with Gasteiger partial charge in [0.25, 0.3) is 0 Å². The van der Waals surface area contributed by atoms with Gasteiger partial charge in [0.1, 0.15) is 0 Å². The molecule has 5 heteroatoms. The van der Waals surface area contributed by atoms with E-state index in [1.165, 1.54) is 0 Å². The standard InChI is InChI=1S/C14H19N3O2/c1-17(9-13(19)10-18)8-12-7-14(16-15-12)11-5-3-2-4-6-11/h2-7,13,18-19H,8-10H2,1H3,(H,15,16). The highest BCUT2D eigenvalue weighted by Crippen LogP contribution is 2.17. The molecule has 3 N–H and O–H groups in total. The van der Waals surface area contributed by atoms with Gasteiger partial charge in [-0.3, -0.25) is 10.00 Å². The first kappa shape index (κ1) is 13.7. The molecule has 0 aliphatic heterocycles. The molecule has 1 atom stereocenters. The number of aromatic amines is 1. The van der Waals surface area contributed by atoms with Crippen molar-refractivity contribution in [1.82, 2.24) is 15.1 Å². The summed E-state index contributed by atoms with van der Waals surface area (Å²) < 4.78 is 0. The van der Waals surface area contributed by atoms with Gasteiger partial charge < -0.3 is 10.2 Å². The second-order valence-electron chi connectivity index (χ2n) is 4.68. The molecule has 2 rings (SSSR count). The minimum atomic E-state index is -0.707. The van der Waals surface area contributed by atoms with E-state index in [1.54, 1.807) is 0 Å². The van der Waals surface area contributed by atoms with Gasteiger partial charge >= 0.3 is 0 Å². The maximum atomic E-state index is 9.37. The molecule has 0 fully saturated rings. The lowest BCUT2D eigenvalue weighted by molar-refractivity contribution is 0.0645. The monoisotopic (exact) mass is 261 g/mol. The van der Waals surface area contributed by atoms with E-state index >= 15 is 0 Å². The average molecular weight is 261 g/mol. The molecule has 1 aromatic heterocycles. The molecule has 0 aliphatic carbocycles. The van der Waals surface area contributed by atoms with Gasteiger partial charge in [0.15, 0.2) is 0 Å². The first-order chi connectivity index (χ1) is 9.19. The minimum Gasteiger partial charge on any atom is -0.394 e. The summed E-state index contributed by atoms with van der Waals surface area (Å²) in [6.45, 7) is 0.857. The molecule has 0 saturated heterocycles. The van der Waals surface area contributed by atoms with Crippen molar-refractivity contribution in [1.29, 1.82) is 0 Å². The lowest BCUT2D eigenvalue weighted by Gasteiger charge is -2.18. The number of aliphatic hydroxyl groups is 2. The van der Waals surface area contributed by atoms with Gasteiger partial charge in [-0.05, 0) is 13.1 Å². The van der Waals surface area contributed by atoms with E-state index in [2.05, 4.69) is 10.2 Å². The number of likely N-dealkylation sites (N-methyl/N-ethyl adjacent to an activating group) is 1. The predicted molar refractivity (Wildman–Crippen MR) is 73.5 cm³/mol. The van der Waals surface area contributed by atoms with Crippen LogP contribution in [0.1, 0.15) is 5.69 Å². The van der Waals surface area contributed by atoms with Crippen LogP contribution in [0, 0.1) is 0 Å². The third-order valence-electron chi connectivity index (χ3n) is 2.87. The molecule has 2 aromatic rings. The van der Waals surface area contributed by atoms with Crippen LogP contribution >= 0.6 is 0 Å². The van der Waals surface area contributed by atoms with Crippen LogP contribution in [0.5, 0.6) is 0 Å². The quantitative estimate of drug-likeness (QED) is 0.721. The fourth-order valence-corrected chi connectivity index (χ4v) is 1.97. The van der Waals surface area contributed by atoms with Crippen LogP contribution in [0.2, 0.25) is 0 Å². The van der Waals surface area contributed by atoms with Gasteiger partial charge in [0.2, 0.25) is 0 Å². The van der Waals surface area contributed by atoms with Gasteiger partial charge in [-0.2, -0.15) is 5.10 Å². The summed E-state index contributed by atoms with van der Waals surface area (Å²) in [6, 6.07) is 12.0. The van der Waals surface area contributed by atoms with Crippen molar-refractivity contribution >= 4 is 0 Å². The number of nitrogens with one attached hydrogen (secondary N) is 1. The van der Waals surface area contributed by atoms with Gasteiger partial charge in [-0.1, -0.05) is 30.3 Å². The van der Waals surface area contributed by atoms with E-state index in [1.807, 2.05) is 48.3 Å². The van der Waals surface area contributed by atoms with Crippen LogP contribution in [0.25, 0.3) is 11.3 Å². The SMILES string of the molecule is CN(Cc1cc(-c2ccccc2)n[nH]1)CC(O)CO. The minimum absolute atomic E-state index is 0.220. The number of aliphatic hydroxyl groups excluding tert-OH is 2. The highest BCUT2D eigenvalue weighted by Gasteiger charge is 2.09. The van der Waals surface area contributed by atoms with E-state index in [-0.39, 0.29) is 6.61 Å². The molecule has 0 aliphatic rings. The van der Waals surface area contributed by atoms with Crippen molar-refractivity contribution in [3.8, 4) is 11.3 Å². The summed E-state index contributed by atoms with van der Waals surface area (Å²) in [5.41, 5.74) is 2.96. The average Bonchev–Trinajstić information content (AvgIpc) is 2.88. The number of nitrogens with zero attached hydrogens (tertiary/aromatic N) is 2. The molecule has 5 nitrogen and oxygen atoms in total. The number of aromatic nitrogens is 2. The Morgan fingerprint density at radius 1 is 1.32 bits per heavy atom. The number of H-pyrrole nitrogens is 1. The largest absolute Gasteiger partial charge is 0.394 e. The Hall–Kier alpha value is -1.69. The van der Waals surface area contributed by atoms with Crippen LogP contribution in [0.15, 0.2) is 36.4 Å². The zero-order chi connectivity index (χ0) is 13.7. The Morgan fingerprint density at radius 3 is 2.74 bits per heavy atom. The number of hydrogen-bond donors (Lipinski definition) is 3. The lowest BCUT2D eigenvalue weighted by atomic mass is 10.1. The molecule has 1 unspecified atom stereocenters. The molecular formula is C14H19N3O2. The number of hydrogen-bond acceptors (Lipinski definition) is 4. The third-order valence-corrected chi connectivity index (χ3v) is 2.87. The Kier molecular flexibility index (Phi) is 4.68. The Balaban J connectivity index is 1.98. The fraction of sp³-hybridized carbons (Fsp3) is 0.357. The third kappa shape index (κ3) is 3.89. The van der Waals surface area contributed by atoms with Crippen molar-refractivity contribution in [3.63, 3.8) is 0 Å². The van der Waals surface area contributed by atoms with Crippen molar-refractivity contribution < 1.29 is 10.2 Å². The number of rotatable bonds is 6. The van der Waals surface area contributed by atoms with E-state index in [4.69, 9.17) is 5.11 Å². The summed E-state index contributed by atoms with van der Waals surface area (Å²) >= 11 is 0. The Labute approximate surface area is 112 Å². The van der Waals surface area contributed by atoms with E-state index in [0.29, 0.717) is 13.1 Å². The molecular weight excluding hydrogens is 242 g/mol. The Bertz CT molecular complexity index is 498. The van der Waals surface area contributed by atoms with Crippen molar-refractivity contribution in [2.24, 2.45) is 0 Å². The van der Waals surface area contributed by atoms with Gasteiger partial charge in [-0.15, -0.1) is 0 Å². The molecule has 0 radical (unpaired) electrons. The molecule has 0 saturated carbocycles. The van der Waals surface area contributed by atoms with E-state index < -0.39 is 6.10 Å². The second kappa shape index (κ2) is 6.47. The normalized spacial score (nSPS) is 12.8. The first-order valence-corrected chi connectivity index (χ1v) is 6.26. The molecule has 19 heavy (non-hydrogen) atoms. The van der Waals surface area contributed by atoms with Crippen molar-refractivity contribution in [2.75, 3.05) is 20.2 Å². The lowest BCUT2D eigenvalue weighted by Crippen LogP contribution is -2.31. The van der Waals surface area contributed by atoms with Gasteiger partial charge in [0, 0.05) is 24.3 Å². The molecule has 1 heterocycles. The maximum Gasteiger partial charge on any atom is 0.0924 e. The summed E-state index contributed by atoms with van der Waals surface area (Å²) in [7, 11) is 1.89. The predicted octanol–water partition coefficient (Wildman–Crippen LogP) is 0.862. The summed E-state index contributed by atoms with van der Waals surface area (Å²) in [4.78, 5) is 1.93. The maximum absolute atomic E-state index is 9.37. The zero-order valence-corrected chi connectivity index (χ0v) is 11.0. The Morgan fingerprint density at radius 2 is 2.05 bits per heavy atom. The zero-order valence-electron chi connectivity index (χ0n) is 11.0. The summed E-state index contributed by atoms with van der Waals surface area (Å²) in [5, 5.41) is 25.4. The van der Waals surface area contributed by atoms with Crippen LogP contribution in [0.4, 0.5) is 0 Å². The van der Waals surface area contributed by atoms with Crippen molar-refractivity contribution in [3.05, 3.63) is 42.1 Å². The van der Waals surface area contributed by atoms with Crippen LogP contribution in [-0.2, 0) is 6.54 Å². The van der Waals surface area contributed by atoms with Crippen LogP contribution in [-0.4, -0.2) is 51.6 Å². The molecule has 0 spiro atoms. The van der Waals surface area contributed by atoms with Gasteiger partial charge in [-0.25, -0.2) is 0 Å². The van der Waals surface area contributed by atoms with E-state index in [0.717, 1.165) is 17.0 Å². The topological polar surface area (TPSA) is 72.4 Å². The van der Waals surface area contributed by atoms with E-state index in [9.17, 15) is 5.11 Å². The highest BCUT2D eigenvalue weighted by molar-refractivity contribution is 5.58. The summed E-state index contributed by atoms with van der Waals surface area (Å²) in [6.07, 6.45) is -0.707. The van der Waals surface area contributed by atoms with Crippen LogP contribution < -0.4 is 0 Å². The van der Waals surface area contributed by atoms with Crippen molar-refractivity contribution in [2.45, 2.75) is 12.6 Å². The summed E-state index contributed by atoms with van der Waals surface area (Å²) in [5.74, 6) is 0. The molecule has 0 amide bonds. The fourth-order valence-electron chi connectivity index (χ4n) is 1.97. The second-order valence-corrected chi connectivity index (χ2v) is 4.68.